The van der Waals surface area contributed by atoms with Crippen molar-refractivity contribution in [1.82, 2.24) is 0 Å². The van der Waals surface area contributed by atoms with Gasteiger partial charge in [0.2, 0.25) is 0 Å². The SMILES string of the molecule is C=CCOc1ccc2c(CC)cc(=O)oc2c1C(=O)C=Cc1ccccc1. The second-order valence-corrected chi connectivity index (χ2v) is 5.97. The van der Waals surface area contributed by atoms with Crippen LogP contribution in [0.2, 0.25) is 0 Å². The van der Waals surface area contributed by atoms with Gasteiger partial charge >= 0.3 is 5.63 Å². The number of benzene rings is 2. The van der Waals surface area contributed by atoms with E-state index in [-0.39, 0.29) is 23.5 Å². The molecule has 4 heteroatoms. The first kappa shape index (κ1) is 18.4. The molecule has 0 aliphatic rings. The number of aryl methyl sites for hydroxylation is 1. The highest BCUT2D eigenvalue weighted by molar-refractivity contribution is 6.15. The Hall–Kier alpha value is -3.40. The van der Waals surface area contributed by atoms with E-state index in [4.69, 9.17) is 9.15 Å². The third kappa shape index (κ3) is 4.06. The number of fused-ring (bicyclic) bond motifs is 1. The standard InChI is InChI=1S/C23H20O4/c1-3-14-26-20-13-11-18-17(4-2)15-21(25)27-23(18)22(20)19(24)12-10-16-8-6-5-7-9-16/h3,5-13,15H,1,4,14H2,2H3. The summed E-state index contributed by atoms with van der Waals surface area (Å²) in [5.74, 6) is 0.0708. The Morgan fingerprint density at radius 3 is 2.67 bits per heavy atom. The number of rotatable bonds is 7. The van der Waals surface area contributed by atoms with Crippen molar-refractivity contribution in [3.8, 4) is 5.75 Å². The number of carbonyl (C=O) groups excluding carboxylic acids is 1. The quantitative estimate of drug-likeness (QED) is 0.262. The molecule has 1 aromatic heterocycles. The molecule has 2 aromatic carbocycles. The first-order valence-corrected chi connectivity index (χ1v) is 8.75. The van der Waals surface area contributed by atoms with Crippen molar-refractivity contribution in [3.63, 3.8) is 0 Å². The van der Waals surface area contributed by atoms with E-state index in [9.17, 15) is 9.59 Å². The lowest BCUT2D eigenvalue weighted by Crippen LogP contribution is -2.07. The monoisotopic (exact) mass is 360 g/mol. The number of hydrogen-bond acceptors (Lipinski definition) is 4. The molecule has 0 saturated carbocycles. The van der Waals surface area contributed by atoms with Gasteiger partial charge in [0.25, 0.3) is 0 Å². The summed E-state index contributed by atoms with van der Waals surface area (Å²) in [7, 11) is 0. The molecule has 0 aliphatic heterocycles. The van der Waals surface area contributed by atoms with Gasteiger partial charge < -0.3 is 9.15 Å². The zero-order valence-electron chi connectivity index (χ0n) is 15.1. The summed E-state index contributed by atoms with van der Waals surface area (Å²) >= 11 is 0. The van der Waals surface area contributed by atoms with Crippen LogP contribution in [0, 0.1) is 0 Å². The van der Waals surface area contributed by atoms with Gasteiger partial charge in [0.15, 0.2) is 11.4 Å². The van der Waals surface area contributed by atoms with Gasteiger partial charge in [-0.2, -0.15) is 0 Å². The minimum absolute atomic E-state index is 0.242. The molecule has 136 valence electrons. The lowest BCUT2D eigenvalue weighted by atomic mass is 10.0. The van der Waals surface area contributed by atoms with Gasteiger partial charge in [-0.1, -0.05) is 56.0 Å². The van der Waals surface area contributed by atoms with Crippen LogP contribution in [0.3, 0.4) is 0 Å². The highest BCUT2D eigenvalue weighted by Gasteiger charge is 2.19. The molecule has 3 rings (SSSR count). The normalized spacial score (nSPS) is 11.0. The second-order valence-electron chi connectivity index (χ2n) is 5.97. The van der Waals surface area contributed by atoms with Crippen molar-refractivity contribution < 1.29 is 13.9 Å². The molecule has 0 fully saturated rings. The minimum Gasteiger partial charge on any atom is -0.489 e. The second kappa shape index (κ2) is 8.32. The van der Waals surface area contributed by atoms with Gasteiger partial charge in [0, 0.05) is 11.5 Å². The number of hydrogen-bond donors (Lipinski definition) is 0. The number of carbonyl (C=O) groups is 1. The first-order chi connectivity index (χ1) is 13.1. The van der Waals surface area contributed by atoms with Crippen LogP contribution in [0.1, 0.15) is 28.4 Å². The molecule has 0 bridgehead atoms. The van der Waals surface area contributed by atoms with Crippen LogP contribution in [0.25, 0.3) is 17.0 Å². The van der Waals surface area contributed by atoms with Crippen LogP contribution in [0.4, 0.5) is 0 Å². The Bertz CT molecular complexity index is 1060. The van der Waals surface area contributed by atoms with Crippen LogP contribution in [-0.2, 0) is 6.42 Å². The van der Waals surface area contributed by atoms with Crippen LogP contribution in [0.5, 0.6) is 5.75 Å². The fraction of sp³-hybridized carbons (Fsp3) is 0.130. The molecule has 0 atom stereocenters. The molecule has 0 unspecified atom stereocenters. The van der Waals surface area contributed by atoms with E-state index in [1.807, 2.05) is 43.3 Å². The summed E-state index contributed by atoms with van der Waals surface area (Å²) in [6.45, 7) is 5.83. The van der Waals surface area contributed by atoms with Crippen molar-refractivity contribution in [2.24, 2.45) is 0 Å². The van der Waals surface area contributed by atoms with E-state index in [1.54, 1.807) is 18.2 Å². The number of ketones is 1. The Morgan fingerprint density at radius 1 is 1.19 bits per heavy atom. The molecule has 0 amide bonds. The maximum atomic E-state index is 13.0. The summed E-state index contributed by atoms with van der Waals surface area (Å²) < 4.78 is 11.1. The minimum atomic E-state index is -0.485. The van der Waals surface area contributed by atoms with Crippen molar-refractivity contribution in [2.75, 3.05) is 6.61 Å². The van der Waals surface area contributed by atoms with Gasteiger partial charge in [-0.05, 0) is 35.8 Å². The maximum Gasteiger partial charge on any atom is 0.336 e. The third-order valence-electron chi connectivity index (χ3n) is 4.17. The number of allylic oxidation sites excluding steroid dienone is 1. The van der Waals surface area contributed by atoms with Crippen LogP contribution < -0.4 is 10.4 Å². The average molecular weight is 360 g/mol. The van der Waals surface area contributed by atoms with Gasteiger partial charge in [0.1, 0.15) is 17.9 Å². The third-order valence-corrected chi connectivity index (χ3v) is 4.17. The largest absolute Gasteiger partial charge is 0.489 e. The van der Waals surface area contributed by atoms with E-state index < -0.39 is 5.63 Å². The molecule has 1 heterocycles. The first-order valence-electron chi connectivity index (χ1n) is 8.75. The van der Waals surface area contributed by atoms with E-state index in [0.29, 0.717) is 12.2 Å². The molecule has 0 aliphatic carbocycles. The Balaban J connectivity index is 2.16. The Morgan fingerprint density at radius 2 is 1.96 bits per heavy atom. The van der Waals surface area contributed by atoms with Gasteiger partial charge in [0.05, 0.1) is 0 Å². The van der Waals surface area contributed by atoms with Crippen LogP contribution >= 0.6 is 0 Å². The molecule has 27 heavy (non-hydrogen) atoms. The fourth-order valence-corrected chi connectivity index (χ4v) is 2.89. The molecular weight excluding hydrogens is 340 g/mol. The predicted octanol–water partition coefficient (Wildman–Crippen LogP) is 4.82. The molecule has 0 spiro atoms. The smallest absolute Gasteiger partial charge is 0.336 e. The summed E-state index contributed by atoms with van der Waals surface area (Å²) in [6, 6.07) is 14.5. The van der Waals surface area contributed by atoms with Crippen LogP contribution in [-0.4, -0.2) is 12.4 Å². The van der Waals surface area contributed by atoms with Crippen molar-refractivity contribution in [1.29, 1.82) is 0 Å². The average Bonchev–Trinajstić information content (AvgIpc) is 2.70. The van der Waals surface area contributed by atoms with Crippen molar-refractivity contribution >= 4 is 22.8 Å². The maximum absolute atomic E-state index is 13.0. The molecule has 0 saturated heterocycles. The highest BCUT2D eigenvalue weighted by Crippen LogP contribution is 2.30. The Kier molecular flexibility index (Phi) is 5.67. The summed E-state index contributed by atoms with van der Waals surface area (Å²) in [6.07, 6.45) is 5.43. The molecule has 0 radical (unpaired) electrons. The van der Waals surface area contributed by atoms with E-state index in [2.05, 4.69) is 6.58 Å². The molecule has 3 aromatic rings. The zero-order valence-corrected chi connectivity index (χ0v) is 15.1. The lowest BCUT2D eigenvalue weighted by Gasteiger charge is -2.12. The van der Waals surface area contributed by atoms with Crippen molar-refractivity contribution in [2.45, 2.75) is 13.3 Å². The molecule has 4 nitrogen and oxygen atoms in total. The fourth-order valence-electron chi connectivity index (χ4n) is 2.89. The Labute approximate surface area is 157 Å². The van der Waals surface area contributed by atoms with E-state index in [1.165, 1.54) is 12.1 Å². The van der Waals surface area contributed by atoms with E-state index >= 15 is 0 Å². The summed E-state index contributed by atoms with van der Waals surface area (Å²) in [4.78, 5) is 25.0. The van der Waals surface area contributed by atoms with Gasteiger partial charge in [-0.15, -0.1) is 0 Å². The van der Waals surface area contributed by atoms with Crippen LogP contribution in [0.15, 0.2) is 76.5 Å². The van der Waals surface area contributed by atoms with Gasteiger partial charge in [-0.25, -0.2) is 4.79 Å². The topological polar surface area (TPSA) is 56.5 Å². The predicted molar refractivity (Wildman–Crippen MR) is 107 cm³/mol. The van der Waals surface area contributed by atoms with Crippen molar-refractivity contribution in [3.05, 3.63) is 94.4 Å². The highest BCUT2D eigenvalue weighted by atomic mass is 16.5. The molecular formula is C23H20O4. The number of ether oxygens (including phenoxy) is 1. The van der Waals surface area contributed by atoms with E-state index in [0.717, 1.165) is 16.5 Å². The lowest BCUT2D eigenvalue weighted by molar-refractivity contribution is 0.104. The summed E-state index contributed by atoms with van der Waals surface area (Å²) in [5, 5.41) is 0.736. The zero-order chi connectivity index (χ0) is 19.2. The molecule has 0 N–H and O–H groups in total. The van der Waals surface area contributed by atoms with Gasteiger partial charge in [-0.3, -0.25) is 4.79 Å². The summed E-state index contributed by atoms with van der Waals surface area (Å²) in [5.41, 5.74) is 1.74.